The molecular formula is C49H40S. The second kappa shape index (κ2) is 10.1. The van der Waals surface area contributed by atoms with E-state index in [0.717, 1.165) is 0 Å². The number of fused-ring (bicyclic) bond motifs is 12. The summed E-state index contributed by atoms with van der Waals surface area (Å²) in [7, 11) is 0. The molecule has 0 fully saturated rings. The van der Waals surface area contributed by atoms with Gasteiger partial charge in [0, 0.05) is 15.2 Å². The molecule has 0 atom stereocenters. The predicted octanol–water partition coefficient (Wildman–Crippen LogP) is 13.6. The van der Waals surface area contributed by atoms with Crippen LogP contribution in [0.1, 0.15) is 74.9 Å². The monoisotopic (exact) mass is 660 g/mol. The second-order valence-corrected chi connectivity index (χ2v) is 17.6. The zero-order valence-corrected chi connectivity index (χ0v) is 30.4. The first-order valence-electron chi connectivity index (χ1n) is 17.9. The number of hydrogen-bond acceptors (Lipinski definition) is 1. The predicted molar refractivity (Wildman–Crippen MR) is 213 cm³/mol. The van der Waals surface area contributed by atoms with Crippen LogP contribution >= 0.6 is 11.8 Å². The van der Waals surface area contributed by atoms with Crippen molar-refractivity contribution in [3.05, 3.63) is 167 Å². The molecule has 0 bridgehead atoms. The van der Waals surface area contributed by atoms with Crippen LogP contribution in [0.5, 0.6) is 0 Å². The minimum absolute atomic E-state index is 0.0564. The Morgan fingerprint density at radius 3 is 1.68 bits per heavy atom. The van der Waals surface area contributed by atoms with Crippen molar-refractivity contribution in [3.63, 3.8) is 0 Å². The fourth-order valence-corrected chi connectivity index (χ4v) is 10.2. The average Bonchev–Trinajstić information content (AvgIpc) is 3.57. The quantitative estimate of drug-likeness (QED) is 0.169. The molecule has 0 radical (unpaired) electrons. The van der Waals surface area contributed by atoms with Gasteiger partial charge in [0.05, 0.1) is 5.41 Å². The molecule has 10 rings (SSSR count). The van der Waals surface area contributed by atoms with Gasteiger partial charge in [0.1, 0.15) is 0 Å². The highest BCUT2D eigenvalue weighted by Crippen LogP contribution is 2.64. The van der Waals surface area contributed by atoms with Gasteiger partial charge in [0.15, 0.2) is 0 Å². The van der Waals surface area contributed by atoms with Gasteiger partial charge in [-0.3, -0.25) is 0 Å². The zero-order chi connectivity index (χ0) is 34.2. The molecule has 0 aromatic heterocycles. The van der Waals surface area contributed by atoms with Crippen molar-refractivity contribution in [3.8, 4) is 44.5 Å². The smallest absolute Gasteiger partial charge is 0.0725 e. The molecule has 0 unspecified atom stereocenters. The van der Waals surface area contributed by atoms with Crippen LogP contribution in [0.15, 0.2) is 143 Å². The van der Waals surface area contributed by atoms with Crippen LogP contribution in [0.2, 0.25) is 0 Å². The highest BCUT2D eigenvalue weighted by atomic mass is 32.2. The standard InChI is InChI=1S/C49H40S/c1-47(2,3)32-19-22-41-37(27-32)38-28-33(48(4,5)6)20-23-42(38)49(41)40-15-8-7-13-34(40)35-21-17-31(26-43(35)49)30-18-24-44-39(25-30)36-14-9-11-29-12-10-16-45(50-44)46(29)36/h7-28H,1-6H3. The van der Waals surface area contributed by atoms with Gasteiger partial charge in [-0.1, -0.05) is 162 Å². The lowest BCUT2D eigenvalue weighted by Gasteiger charge is -2.31. The van der Waals surface area contributed by atoms with E-state index in [1.54, 1.807) is 0 Å². The molecule has 2 aliphatic carbocycles. The Bertz CT molecular complexity index is 2520. The second-order valence-electron chi connectivity index (χ2n) is 16.5. The summed E-state index contributed by atoms with van der Waals surface area (Å²) in [5.74, 6) is 0. The summed E-state index contributed by atoms with van der Waals surface area (Å²) in [5, 5.41) is 2.68. The molecule has 0 saturated carbocycles. The normalized spacial score (nSPS) is 14.7. The van der Waals surface area contributed by atoms with Crippen molar-refractivity contribution < 1.29 is 0 Å². The summed E-state index contributed by atoms with van der Waals surface area (Å²) in [6.45, 7) is 14.0. The lowest BCUT2D eigenvalue weighted by Crippen LogP contribution is -2.26. The molecule has 1 heteroatoms. The zero-order valence-electron chi connectivity index (χ0n) is 29.6. The van der Waals surface area contributed by atoms with Crippen LogP contribution in [0.3, 0.4) is 0 Å². The van der Waals surface area contributed by atoms with Gasteiger partial charge in [0.2, 0.25) is 0 Å². The molecule has 0 N–H and O–H groups in total. The van der Waals surface area contributed by atoms with Crippen molar-refractivity contribution >= 4 is 22.5 Å². The first-order chi connectivity index (χ1) is 24.0. The van der Waals surface area contributed by atoms with E-state index in [2.05, 4.69) is 175 Å². The van der Waals surface area contributed by atoms with Crippen LogP contribution < -0.4 is 0 Å². The van der Waals surface area contributed by atoms with Gasteiger partial charge in [-0.25, -0.2) is 0 Å². The Morgan fingerprint density at radius 1 is 0.400 bits per heavy atom. The molecule has 242 valence electrons. The molecule has 50 heavy (non-hydrogen) atoms. The Labute approximate surface area is 300 Å². The molecule has 0 saturated heterocycles. The van der Waals surface area contributed by atoms with Crippen molar-refractivity contribution in [1.82, 2.24) is 0 Å². The molecule has 1 spiro atoms. The maximum atomic E-state index is 2.52. The summed E-state index contributed by atoms with van der Waals surface area (Å²) < 4.78 is 0. The van der Waals surface area contributed by atoms with Gasteiger partial charge in [0.25, 0.3) is 0 Å². The summed E-state index contributed by atoms with van der Waals surface area (Å²) >= 11 is 1.90. The lowest BCUT2D eigenvalue weighted by atomic mass is 9.69. The van der Waals surface area contributed by atoms with E-state index < -0.39 is 0 Å². The molecule has 1 heterocycles. The highest BCUT2D eigenvalue weighted by molar-refractivity contribution is 7.99. The minimum Gasteiger partial charge on any atom is -0.0888 e. The van der Waals surface area contributed by atoms with Gasteiger partial charge in [-0.2, -0.15) is 0 Å². The summed E-state index contributed by atoms with van der Waals surface area (Å²) in [4.78, 5) is 2.67. The maximum absolute atomic E-state index is 2.52. The molecule has 7 aromatic carbocycles. The summed E-state index contributed by atoms with van der Waals surface area (Å²) in [6.07, 6.45) is 0. The van der Waals surface area contributed by atoms with Crippen LogP contribution in [0.4, 0.5) is 0 Å². The third-order valence-electron chi connectivity index (χ3n) is 11.6. The van der Waals surface area contributed by atoms with Crippen molar-refractivity contribution in [2.24, 2.45) is 0 Å². The first kappa shape index (κ1) is 30.0. The van der Waals surface area contributed by atoms with Crippen molar-refractivity contribution in [2.75, 3.05) is 0 Å². The van der Waals surface area contributed by atoms with Gasteiger partial charge in [-0.15, -0.1) is 0 Å². The van der Waals surface area contributed by atoms with Gasteiger partial charge < -0.3 is 0 Å². The average molecular weight is 661 g/mol. The summed E-state index contributed by atoms with van der Waals surface area (Å²) in [5.41, 5.74) is 18.7. The van der Waals surface area contributed by atoms with E-state index in [0.29, 0.717) is 0 Å². The third kappa shape index (κ3) is 4.02. The van der Waals surface area contributed by atoms with E-state index in [1.165, 1.54) is 98.5 Å². The topological polar surface area (TPSA) is 0 Å². The van der Waals surface area contributed by atoms with Gasteiger partial charge in [-0.05, 0) is 118 Å². The van der Waals surface area contributed by atoms with Crippen LogP contribution in [0, 0.1) is 0 Å². The minimum atomic E-state index is -0.381. The Kier molecular flexibility index (Phi) is 6.07. The molecule has 0 nitrogen and oxygen atoms in total. The fraction of sp³-hybridized carbons (Fsp3) is 0.184. The lowest BCUT2D eigenvalue weighted by molar-refractivity contribution is 0.589. The highest BCUT2D eigenvalue weighted by Gasteiger charge is 2.52. The van der Waals surface area contributed by atoms with Gasteiger partial charge >= 0.3 is 0 Å². The van der Waals surface area contributed by atoms with E-state index in [-0.39, 0.29) is 16.2 Å². The van der Waals surface area contributed by atoms with E-state index in [1.807, 2.05) is 11.8 Å². The largest absolute Gasteiger partial charge is 0.0888 e. The third-order valence-corrected chi connectivity index (χ3v) is 12.7. The Morgan fingerprint density at radius 2 is 0.980 bits per heavy atom. The van der Waals surface area contributed by atoms with Crippen LogP contribution in [-0.4, -0.2) is 0 Å². The SMILES string of the molecule is CC(C)(C)c1ccc2c(c1)-c1cc(C(C)(C)C)ccc1C21c2ccccc2-c2ccc(-c3ccc4c(c3)-c3cccc5cccc(c35)S4)cc21. The maximum Gasteiger partial charge on any atom is 0.0725 e. The number of rotatable bonds is 1. The van der Waals surface area contributed by atoms with Crippen molar-refractivity contribution in [2.45, 2.75) is 67.6 Å². The van der Waals surface area contributed by atoms with Crippen molar-refractivity contribution in [1.29, 1.82) is 0 Å². The Balaban J connectivity index is 1.23. The number of hydrogen-bond donors (Lipinski definition) is 0. The van der Waals surface area contributed by atoms with E-state index in [9.17, 15) is 0 Å². The van der Waals surface area contributed by atoms with E-state index in [4.69, 9.17) is 0 Å². The Hall–Kier alpha value is -4.85. The molecule has 0 amide bonds. The molecular weight excluding hydrogens is 621 g/mol. The number of benzene rings is 7. The fourth-order valence-electron chi connectivity index (χ4n) is 9.05. The van der Waals surface area contributed by atoms with Crippen LogP contribution in [0.25, 0.3) is 55.3 Å². The summed E-state index contributed by atoms with van der Waals surface area (Å²) in [6, 6.07) is 51.6. The molecule has 7 aromatic rings. The molecule has 3 aliphatic rings. The molecule has 1 aliphatic heterocycles. The first-order valence-corrected chi connectivity index (χ1v) is 18.7. The van der Waals surface area contributed by atoms with Crippen LogP contribution in [-0.2, 0) is 16.2 Å². The van der Waals surface area contributed by atoms with E-state index >= 15 is 0 Å².